The lowest BCUT2D eigenvalue weighted by Gasteiger charge is -2.04. The fourth-order valence-corrected chi connectivity index (χ4v) is 1.72. The van der Waals surface area contributed by atoms with Gasteiger partial charge in [-0.3, -0.25) is 0 Å². The first-order valence-corrected chi connectivity index (χ1v) is 7.38. The topological polar surface area (TPSA) is 9.23 Å². The Hall–Kier alpha value is -1.50. The molecule has 1 rings (SSSR count). The van der Waals surface area contributed by atoms with Crippen molar-refractivity contribution in [3.63, 3.8) is 0 Å². The van der Waals surface area contributed by atoms with Crippen molar-refractivity contribution in [3.05, 3.63) is 54.1 Å². The molecular formula is C18H26O. The molecule has 104 valence electrons. The average molecular weight is 258 g/mol. The minimum absolute atomic E-state index is 0.662. The van der Waals surface area contributed by atoms with Crippen LogP contribution in [0.1, 0.15) is 45.1 Å². The number of hydrogen-bond donors (Lipinski definition) is 0. The van der Waals surface area contributed by atoms with E-state index in [1.807, 2.05) is 0 Å². The zero-order valence-electron chi connectivity index (χ0n) is 12.3. The van der Waals surface area contributed by atoms with E-state index in [1.54, 1.807) is 0 Å². The molecule has 0 saturated carbocycles. The van der Waals surface area contributed by atoms with E-state index in [2.05, 4.69) is 62.4 Å². The largest absolute Gasteiger partial charge is 0.490 e. The van der Waals surface area contributed by atoms with Crippen LogP contribution in [0.15, 0.2) is 48.6 Å². The number of benzene rings is 1. The summed E-state index contributed by atoms with van der Waals surface area (Å²) in [6.45, 7) is 5.04. The maximum atomic E-state index is 5.65. The Morgan fingerprint density at radius 2 is 1.47 bits per heavy atom. The van der Waals surface area contributed by atoms with Crippen LogP contribution in [0.25, 0.3) is 0 Å². The van der Waals surface area contributed by atoms with Crippen molar-refractivity contribution < 1.29 is 4.74 Å². The lowest BCUT2D eigenvalue weighted by Crippen LogP contribution is -1.93. The molecule has 0 spiro atoms. The molecule has 0 aliphatic rings. The fourth-order valence-electron chi connectivity index (χ4n) is 1.72. The first-order valence-electron chi connectivity index (χ1n) is 7.38. The normalized spacial score (nSPS) is 11.5. The van der Waals surface area contributed by atoms with E-state index in [9.17, 15) is 0 Å². The zero-order chi connectivity index (χ0) is 13.8. The van der Waals surface area contributed by atoms with Crippen LogP contribution in [-0.4, -0.2) is 6.61 Å². The first-order chi connectivity index (χ1) is 9.36. The second-order valence-electron chi connectivity index (χ2n) is 4.68. The van der Waals surface area contributed by atoms with Crippen LogP contribution in [0.3, 0.4) is 0 Å². The molecule has 0 bridgehead atoms. The van der Waals surface area contributed by atoms with Crippen molar-refractivity contribution in [3.8, 4) is 5.75 Å². The minimum Gasteiger partial charge on any atom is -0.490 e. The molecular weight excluding hydrogens is 232 g/mol. The van der Waals surface area contributed by atoms with Crippen LogP contribution in [0, 0.1) is 0 Å². The highest BCUT2D eigenvalue weighted by Crippen LogP contribution is 2.13. The van der Waals surface area contributed by atoms with Gasteiger partial charge in [-0.15, -0.1) is 0 Å². The van der Waals surface area contributed by atoms with Gasteiger partial charge in [0.1, 0.15) is 12.4 Å². The Bertz CT molecular complexity index is 373. The Balaban J connectivity index is 2.31. The van der Waals surface area contributed by atoms with Crippen LogP contribution in [0.5, 0.6) is 5.75 Å². The molecule has 1 aromatic carbocycles. The van der Waals surface area contributed by atoms with Crippen LogP contribution >= 0.6 is 0 Å². The molecule has 0 N–H and O–H groups in total. The summed E-state index contributed by atoms with van der Waals surface area (Å²) in [4.78, 5) is 0. The summed E-state index contributed by atoms with van der Waals surface area (Å²) in [6, 6.07) is 8.38. The molecule has 0 saturated heterocycles. The molecule has 1 aromatic rings. The third-order valence-corrected chi connectivity index (χ3v) is 2.87. The number of hydrogen-bond acceptors (Lipinski definition) is 1. The van der Waals surface area contributed by atoms with Crippen molar-refractivity contribution in [2.45, 2.75) is 46.0 Å². The van der Waals surface area contributed by atoms with Gasteiger partial charge in [-0.05, 0) is 37.0 Å². The SMILES string of the molecule is CCCC=CCOc1ccc(CC=CCCC)cc1. The van der Waals surface area contributed by atoms with Gasteiger partial charge in [0.2, 0.25) is 0 Å². The Labute approximate surface area is 118 Å². The van der Waals surface area contributed by atoms with Crippen molar-refractivity contribution in [1.82, 2.24) is 0 Å². The molecule has 0 fully saturated rings. The average Bonchev–Trinajstić information content (AvgIpc) is 2.45. The second-order valence-corrected chi connectivity index (χ2v) is 4.68. The molecule has 0 radical (unpaired) electrons. The molecule has 0 aromatic heterocycles. The number of unbranched alkanes of at least 4 members (excludes halogenated alkanes) is 2. The number of ether oxygens (including phenoxy) is 1. The van der Waals surface area contributed by atoms with Crippen molar-refractivity contribution in [2.75, 3.05) is 6.61 Å². The highest BCUT2D eigenvalue weighted by Gasteiger charge is 1.93. The minimum atomic E-state index is 0.662. The lowest BCUT2D eigenvalue weighted by molar-refractivity contribution is 0.362. The predicted molar refractivity (Wildman–Crippen MR) is 83.7 cm³/mol. The van der Waals surface area contributed by atoms with Gasteiger partial charge in [0.25, 0.3) is 0 Å². The lowest BCUT2D eigenvalue weighted by atomic mass is 10.1. The van der Waals surface area contributed by atoms with Crippen molar-refractivity contribution in [1.29, 1.82) is 0 Å². The summed E-state index contributed by atoms with van der Waals surface area (Å²) < 4.78 is 5.65. The fraction of sp³-hybridized carbons (Fsp3) is 0.444. The van der Waals surface area contributed by atoms with E-state index in [1.165, 1.54) is 24.8 Å². The first kappa shape index (κ1) is 15.6. The second kappa shape index (κ2) is 10.4. The monoisotopic (exact) mass is 258 g/mol. The summed E-state index contributed by atoms with van der Waals surface area (Å²) in [5.74, 6) is 0.947. The Morgan fingerprint density at radius 3 is 2.11 bits per heavy atom. The molecule has 0 aliphatic heterocycles. The summed E-state index contributed by atoms with van der Waals surface area (Å²) in [6.07, 6.45) is 14.5. The van der Waals surface area contributed by atoms with Crippen molar-refractivity contribution >= 4 is 0 Å². The van der Waals surface area contributed by atoms with Gasteiger partial charge < -0.3 is 4.74 Å². The quantitative estimate of drug-likeness (QED) is 0.545. The number of allylic oxidation sites excluding steroid dienone is 3. The maximum Gasteiger partial charge on any atom is 0.119 e. The van der Waals surface area contributed by atoms with Gasteiger partial charge in [0.05, 0.1) is 0 Å². The van der Waals surface area contributed by atoms with E-state index in [4.69, 9.17) is 4.74 Å². The van der Waals surface area contributed by atoms with Crippen LogP contribution in [0.2, 0.25) is 0 Å². The smallest absolute Gasteiger partial charge is 0.119 e. The van der Waals surface area contributed by atoms with Gasteiger partial charge in [0.15, 0.2) is 0 Å². The van der Waals surface area contributed by atoms with Crippen molar-refractivity contribution in [2.24, 2.45) is 0 Å². The van der Waals surface area contributed by atoms with Crippen LogP contribution < -0.4 is 4.74 Å². The summed E-state index contributed by atoms with van der Waals surface area (Å²) >= 11 is 0. The van der Waals surface area contributed by atoms with Gasteiger partial charge >= 0.3 is 0 Å². The molecule has 0 amide bonds. The molecule has 0 heterocycles. The summed E-state index contributed by atoms with van der Waals surface area (Å²) in [5.41, 5.74) is 1.33. The van der Waals surface area contributed by atoms with Gasteiger partial charge in [0, 0.05) is 0 Å². The zero-order valence-corrected chi connectivity index (χ0v) is 12.3. The third-order valence-electron chi connectivity index (χ3n) is 2.87. The maximum absolute atomic E-state index is 5.65. The molecule has 1 heteroatoms. The summed E-state index contributed by atoms with van der Waals surface area (Å²) in [5, 5.41) is 0. The van der Waals surface area contributed by atoms with E-state index in [0.717, 1.165) is 18.6 Å². The van der Waals surface area contributed by atoms with E-state index < -0.39 is 0 Å². The molecule has 0 aliphatic carbocycles. The highest BCUT2D eigenvalue weighted by molar-refractivity contribution is 5.28. The Morgan fingerprint density at radius 1 is 0.842 bits per heavy atom. The number of rotatable bonds is 9. The summed E-state index contributed by atoms with van der Waals surface area (Å²) in [7, 11) is 0. The standard InChI is InChI=1S/C18H26O/c1-3-5-7-9-11-17-12-14-18(15-13-17)19-16-10-8-6-4-2/h7-10,12-15H,3-6,11,16H2,1-2H3. The van der Waals surface area contributed by atoms with Gasteiger partial charge in [-0.25, -0.2) is 0 Å². The molecule has 1 nitrogen and oxygen atoms in total. The van der Waals surface area contributed by atoms with E-state index in [0.29, 0.717) is 6.61 Å². The molecule has 0 unspecified atom stereocenters. The van der Waals surface area contributed by atoms with Crippen LogP contribution in [0.4, 0.5) is 0 Å². The predicted octanol–water partition coefficient (Wildman–Crippen LogP) is 5.32. The Kier molecular flexibility index (Phi) is 8.54. The molecule has 0 atom stereocenters. The van der Waals surface area contributed by atoms with Gasteiger partial charge in [-0.1, -0.05) is 63.1 Å². The highest BCUT2D eigenvalue weighted by atomic mass is 16.5. The molecule has 19 heavy (non-hydrogen) atoms. The van der Waals surface area contributed by atoms with Gasteiger partial charge in [-0.2, -0.15) is 0 Å². The van der Waals surface area contributed by atoms with E-state index >= 15 is 0 Å². The van der Waals surface area contributed by atoms with Crippen LogP contribution in [-0.2, 0) is 6.42 Å². The van der Waals surface area contributed by atoms with E-state index in [-0.39, 0.29) is 0 Å². The third kappa shape index (κ3) is 7.50.